The van der Waals surface area contributed by atoms with Crippen LogP contribution >= 0.6 is 0 Å². The van der Waals surface area contributed by atoms with E-state index in [1.165, 1.54) is 0 Å². The molecule has 0 bridgehead atoms. The normalized spacial score (nSPS) is 27.6. The van der Waals surface area contributed by atoms with Gasteiger partial charge in [0.25, 0.3) is 10.2 Å². The summed E-state index contributed by atoms with van der Waals surface area (Å²) in [7, 11) is -1.70. The summed E-state index contributed by atoms with van der Waals surface area (Å²) < 4.78 is 34.9. The number of hydrogen-bond donors (Lipinski definition) is 2. The van der Waals surface area contributed by atoms with Crippen molar-refractivity contribution in [2.24, 2.45) is 5.41 Å². The Balaban J connectivity index is 1.98. The number of hydrogen-bond acceptors (Lipinski definition) is 4. The lowest BCUT2D eigenvalue weighted by Gasteiger charge is -2.38. The number of rotatable bonds is 6. The quantitative estimate of drug-likeness (QED) is 0.756. The third-order valence-corrected chi connectivity index (χ3v) is 6.46. The van der Waals surface area contributed by atoms with Crippen molar-refractivity contribution in [3.63, 3.8) is 0 Å². The lowest BCUT2D eigenvalue weighted by Crippen LogP contribution is -2.52. The Labute approximate surface area is 128 Å². The van der Waals surface area contributed by atoms with E-state index in [0.29, 0.717) is 19.7 Å². The van der Waals surface area contributed by atoms with E-state index >= 15 is 0 Å². The van der Waals surface area contributed by atoms with Gasteiger partial charge in [-0.1, -0.05) is 6.42 Å². The second kappa shape index (κ2) is 7.37. The Kier molecular flexibility index (Phi) is 6.02. The average molecular weight is 319 g/mol. The Morgan fingerprint density at radius 1 is 1.33 bits per heavy atom. The molecule has 6 nitrogen and oxygen atoms in total. The summed E-state index contributed by atoms with van der Waals surface area (Å²) in [5.41, 5.74) is -0.0773. The standard InChI is InChI=1S/C14H29N3O3S/c1-13-5-3-4-10-17(13)21(18,19)16-11-14(12-20-2)6-8-15-9-7-14/h13,15-16H,3-12H2,1-2H3. The smallest absolute Gasteiger partial charge is 0.279 e. The molecule has 124 valence electrons. The molecule has 21 heavy (non-hydrogen) atoms. The highest BCUT2D eigenvalue weighted by atomic mass is 32.2. The minimum Gasteiger partial charge on any atom is -0.384 e. The molecule has 2 N–H and O–H groups in total. The van der Waals surface area contributed by atoms with E-state index in [0.717, 1.165) is 45.2 Å². The van der Waals surface area contributed by atoms with Gasteiger partial charge in [0, 0.05) is 31.7 Å². The number of piperidine rings is 2. The minimum atomic E-state index is -3.38. The fraction of sp³-hybridized carbons (Fsp3) is 1.00. The summed E-state index contributed by atoms with van der Waals surface area (Å²) in [6, 6.07) is 0.0997. The summed E-state index contributed by atoms with van der Waals surface area (Å²) in [6.45, 7) is 5.54. The van der Waals surface area contributed by atoms with Gasteiger partial charge in [0.1, 0.15) is 0 Å². The Morgan fingerprint density at radius 2 is 2.05 bits per heavy atom. The molecule has 0 radical (unpaired) electrons. The van der Waals surface area contributed by atoms with Gasteiger partial charge in [0.05, 0.1) is 6.61 Å². The van der Waals surface area contributed by atoms with Gasteiger partial charge in [-0.3, -0.25) is 0 Å². The molecule has 2 aliphatic heterocycles. The third kappa shape index (κ3) is 4.39. The van der Waals surface area contributed by atoms with Crippen LogP contribution in [0.15, 0.2) is 0 Å². The van der Waals surface area contributed by atoms with Crippen LogP contribution in [-0.4, -0.2) is 58.7 Å². The predicted molar refractivity (Wildman–Crippen MR) is 83.4 cm³/mol. The van der Waals surface area contributed by atoms with E-state index < -0.39 is 10.2 Å². The van der Waals surface area contributed by atoms with Crippen molar-refractivity contribution in [3.8, 4) is 0 Å². The molecule has 1 unspecified atom stereocenters. The van der Waals surface area contributed by atoms with E-state index in [1.54, 1.807) is 11.4 Å². The van der Waals surface area contributed by atoms with Crippen molar-refractivity contribution in [1.29, 1.82) is 0 Å². The van der Waals surface area contributed by atoms with E-state index in [9.17, 15) is 8.42 Å². The van der Waals surface area contributed by atoms with Crippen molar-refractivity contribution in [1.82, 2.24) is 14.3 Å². The van der Waals surface area contributed by atoms with Crippen LogP contribution < -0.4 is 10.0 Å². The van der Waals surface area contributed by atoms with Gasteiger partial charge < -0.3 is 10.1 Å². The Morgan fingerprint density at radius 3 is 2.67 bits per heavy atom. The molecule has 2 heterocycles. The molecule has 0 aromatic carbocycles. The second-order valence-corrected chi connectivity index (χ2v) is 8.17. The van der Waals surface area contributed by atoms with Crippen LogP contribution in [0.2, 0.25) is 0 Å². The molecule has 0 aromatic rings. The molecule has 0 amide bonds. The maximum absolute atomic E-state index is 12.5. The van der Waals surface area contributed by atoms with Gasteiger partial charge in [0.2, 0.25) is 0 Å². The van der Waals surface area contributed by atoms with Gasteiger partial charge in [0.15, 0.2) is 0 Å². The summed E-state index contributed by atoms with van der Waals surface area (Å²) >= 11 is 0. The molecule has 2 fully saturated rings. The molecule has 0 saturated carbocycles. The molecule has 2 aliphatic rings. The molecular formula is C14H29N3O3S. The molecule has 7 heteroatoms. The average Bonchev–Trinajstić information content (AvgIpc) is 2.47. The Hall–Kier alpha value is -0.210. The lowest BCUT2D eigenvalue weighted by molar-refractivity contribution is 0.0572. The van der Waals surface area contributed by atoms with Gasteiger partial charge in [-0.25, -0.2) is 4.72 Å². The molecular weight excluding hydrogens is 290 g/mol. The van der Waals surface area contributed by atoms with Crippen LogP contribution in [0.25, 0.3) is 0 Å². The summed E-state index contributed by atoms with van der Waals surface area (Å²) in [6.07, 6.45) is 4.91. The van der Waals surface area contributed by atoms with Crippen LogP contribution in [0.4, 0.5) is 0 Å². The second-order valence-electron chi connectivity index (χ2n) is 6.46. The first kappa shape index (κ1) is 17.1. The molecule has 0 aromatic heterocycles. The maximum Gasteiger partial charge on any atom is 0.279 e. The van der Waals surface area contributed by atoms with Crippen molar-refractivity contribution in [2.75, 3.05) is 39.9 Å². The monoisotopic (exact) mass is 319 g/mol. The summed E-state index contributed by atoms with van der Waals surface area (Å²) in [5.74, 6) is 0. The minimum absolute atomic E-state index is 0.0773. The van der Waals surface area contributed by atoms with E-state index in [-0.39, 0.29) is 11.5 Å². The predicted octanol–water partition coefficient (Wildman–Crippen LogP) is 0.711. The van der Waals surface area contributed by atoms with Crippen LogP contribution in [0.3, 0.4) is 0 Å². The first-order valence-electron chi connectivity index (χ1n) is 7.95. The van der Waals surface area contributed by atoms with E-state index in [4.69, 9.17) is 4.74 Å². The Bertz CT molecular complexity index is 416. The zero-order valence-corrected chi connectivity index (χ0v) is 14.0. The highest BCUT2D eigenvalue weighted by Crippen LogP contribution is 2.29. The van der Waals surface area contributed by atoms with Gasteiger partial charge in [-0.15, -0.1) is 0 Å². The summed E-state index contributed by atoms with van der Waals surface area (Å²) in [4.78, 5) is 0. The maximum atomic E-state index is 12.5. The number of ether oxygens (including phenoxy) is 1. The number of nitrogens with one attached hydrogen (secondary N) is 2. The SMILES string of the molecule is COCC1(CNS(=O)(=O)N2CCCCC2C)CCNCC1. The zero-order valence-electron chi connectivity index (χ0n) is 13.2. The van der Waals surface area contributed by atoms with Crippen LogP contribution in [0.1, 0.15) is 39.0 Å². The highest BCUT2D eigenvalue weighted by molar-refractivity contribution is 7.87. The molecule has 1 atom stereocenters. The van der Waals surface area contributed by atoms with E-state index in [1.807, 2.05) is 6.92 Å². The third-order valence-electron chi connectivity index (χ3n) is 4.80. The fourth-order valence-electron chi connectivity index (χ4n) is 3.39. The number of methoxy groups -OCH3 is 1. The van der Waals surface area contributed by atoms with Crippen molar-refractivity contribution >= 4 is 10.2 Å². The van der Waals surface area contributed by atoms with Crippen LogP contribution in [-0.2, 0) is 14.9 Å². The molecule has 2 saturated heterocycles. The first-order chi connectivity index (χ1) is 9.99. The highest BCUT2D eigenvalue weighted by Gasteiger charge is 2.36. The molecule has 0 spiro atoms. The molecule has 0 aliphatic carbocycles. The van der Waals surface area contributed by atoms with Crippen LogP contribution in [0.5, 0.6) is 0 Å². The van der Waals surface area contributed by atoms with E-state index in [2.05, 4.69) is 10.0 Å². The topological polar surface area (TPSA) is 70.7 Å². The lowest BCUT2D eigenvalue weighted by atomic mass is 9.80. The summed E-state index contributed by atoms with van der Waals surface area (Å²) in [5, 5.41) is 3.32. The van der Waals surface area contributed by atoms with Gasteiger partial charge in [-0.05, 0) is 45.7 Å². The zero-order chi connectivity index (χ0) is 15.3. The van der Waals surface area contributed by atoms with Gasteiger partial charge in [-0.2, -0.15) is 12.7 Å². The number of nitrogens with zero attached hydrogens (tertiary/aromatic N) is 1. The fourth-order valence-corrected chi connectivity index (χ4v) is 4.99. The van der Waals surface area contributed by atoms with Crippen molar-refractivity contribution < 1.29 is 13.2 Å². The molecule has 2 rings (SSSR count). The van der Waals surface area contributed by atoms with Gasteiger partial charge >= 0.3 is 0 Å². The first-order valence-corrected chi connectivity index (χ1v) is 9.39. The largest absolute Gasteiger partial charge is 0.384 e. The van der Waals surface area contributed by atoms with Crippen molar-refractivity contribution in [3.05, 3.63) is 0 Å². The van der Waals surface area contributed by atoms with Crippen LogP contribution in [0, 0.1) is 5.41 Å². The van der Waals surface area contributed by atoms with Crippen molar-refractivity contribution in [2.45, 2.75) is 45.1 Å².